The van der Waals surface area contributed by atoms with Crippen LogP contribution >= 0.6 is 11.8 Å². The standard InChI is InChI=1S/C28H29N5O5S/c34-24(32-15-5-9-19-7-1-3-11-22(19)32)17-38-26(36)14-13-21-27(37)29-28(31-30-21)39-18-25(35)33-16-6-10-20-8-2-4-12-23(20)33/h1-4,7-8,11-12H,5-6,9-10,13-18H2,(H,29,31,37). The van der Waals surface area contributed by atoms with Crippen LogP contribution in [0.25, 0.3) is 0 Å². The minimum absolute atomic E-state index is 0.0242. The van der Waals surface area contributed by atoms with Crippen molar-refractivity contribution in [3.8, 4) is 0 Å². The number of nitrogens with zero attached hydrogens (tertiary/aromatic N) is 4. The van der Waals surface area contributed by atoms with Crippen molar-refractivity contribution in [3.05, 3.63) is 75.7 Å². The Bertz CT molecular complexity index is 1440. The van der Waals surface area contributed by atoms with Crippen molar-refractivity contribution < 1.29 is 19.1 Å². The number of anilines is 2. The van der Waals surface area contributed by atoms with Crippen LogP contribution in [0.1, 0.15) is 36.1 Å². The van der Waals surface area contributed by atoms with Gasteiger partial charge in [0.15, 0.2) is 11.8 Å². The molecule has 2 aromatic carbocycles. The number of aryl methyl sites for hydroxylation is 3. The first-order chi connectivity index (χ1) is 19.0. The molecule has 39 heavy (non-hydrogen) atoms. The van der Waals surface area contributed by atoms with E-state index in [9.17, 15) is 19.2 Å². The quantitative estimate of drug-likeness (QED) is 0.337. The lowest BCUT2D eigenvalue weighted by Crippen LogP contribution is -2.38. The van der Waals surface area contributed by atoms with Crippen molar-refractivity contribution >= 4 is 40.9 Å². The van der Waals surface area contributed by atoms with Gasteiger partial charge in [-0.15, -0.1) is 10.2 Å². The molecule has 3 heterocycles. The summed E-state index contributed by atoms with van der Waals surface area (Å²) in [4.78, 5) is 56.2. The molecule has 0 atom stereocenters. The fraction of sp³-hybridized carbons (Fsp3) is 0.357. The van der Waals surface area contributed by atoms with Crippen LogP contribution in [0.15, 0.2) is 58.5 Å². The maximum absolute atomic E-state index is 12.8. The highest BCUT2D eigenvalue weighted by Gasteiger charge is 2.24. The second-order valence-corrected chi connectivity index (χ2v) is 10.4. The molecule has 3 aromatic rings. The van der Waals surface area contributed by atoms with E-state index < -0.39 is 11.5 Å². The molecule has 2 amide bonds. The molecule has 0 radical (unpaired) electrons. The SMILES string of the molecule is O=C(CCc1nnc(SCC(=O)N2CCCc3ccccc32)[nH]c1=O)OCC(=O)N1CCCc2ccccc21. The van der Waals surface area contributed by atoms with E-state index in [2.05, 4.69) is 15.2 Å². The summed E-state index contributed by atoms with van der Waals surface area (Å²) in [6, 6.07) is 15.6. The number of carbonyl (C=O) groups excluding carboxylic acids is 3. The molecular weight excluding hydrogens is 518 g/mol. The topological polar surface area (TPSA) is 126 Å². The van der Waals surface area contributed by atoms with E-state index in [-0.39, 0.29) is 47.9 Å². The van der Waals surface area contributed by atoms with Gasteiger partial charge in [0.25, 0.3) is 11.5 Å². The Morgan fingerprint density at radius 3 is 2.13 bits per heavy atom. The van der Waals surface area contributed by atoms with E-state index in [0.29, 0.717) is 13.1 Å². The summed E-state index contributed by atoms with van der Waals surface area (Å²) in [6.07, 6.45) is 3.53. The molecule has 202 valence electrons. The monoisotopic (exact) mass is 547 g/mol. The number of aromatic nitrogens is 3. The fourth-order valence-corrected chi connectivity index (χ4v) is 5.56. The molecule has 5 rings (SSSR count). The Morgan fingerprint density at radius 2 is 1.49 bits per heavy atom. The van der Waals surface area contributed by atoms with E-state index >= 15 is 0 Å². The average molecular weight is 548 g/mol. The van der Waals surface area contributed by atoms with E-state index in [0.717, 1.165) is 59.9 Å². The van der Waals surface area contributed by atoms with Crippen LogP contribution in [0.3, 0.4) is 0 Å². The number of rotatable bonds is 8. The molecular formula is C28H29N5O5S. The molecule has 2 aliphatic heterocycles. The van der Waals surface area contributed by atoms with Gasteiger partial charge in [-0.1, -0.05) is 48.2 Å². The lowest BCUT2D eigenvalue weighted by molar-refractivity contribution is -0.147. The molecule has 11 heteroatoms. The van der Waals surface area contributed by atoms with Gasteiger partial charge in [-0.25, -0.2) is 0 Å². The normalized spacial score (nSPS) is 14.4. The number of nitrogens with one attached hydrogen (secondary N) is 1. The molecule has 2 aliphatic rings. The van der Waals surface area contributed by atoms with Crippen LogP contribution in [0.5, 0.6) is 0 Å². The van der Waals surface area contributed by atoms with E-state index in [1.165, 1.54) is 0 Å². The smallest absolute Gasteiger partial charge is 0.306 e. The van der Waals surface area contributed by atoms with E-state index in [4.69, 9.17) is 4.74 Å². The number of esters is 1. The Kier molecular flexibility index (Phi) is 8.36. The van der Waals surface area contributed by atoms with Crippen molar-refractivity contribution in [2.24, 2.45) is 0 Å². The van der Waals surface area contributed by atoms with Gasteiger partial charge in [-0.2, -0.15) is 0 Å². The highest BCUT2D eigenvalue weighted by molar-refractivity contribution is 7.99. The third-order valence-electron chi connectivity index (χ3n) is 6.82. The lowest BCUT2D eigenvalue weighted by Gasteiger charge is -2.29. The van der Waals surface area contributed by atoms with Crippen LogP contribution in [0, 0.1) is 0 Å². The van der Waals surface area contributed by atoms with Gasteiger partial charge >= 0.3 is 5.97 Å². The minimum Gasteiger partial charge on any atom is -0.456 e. The number of hydrogen-bond donors (Lipinski definition) is 1. The number of thioether (sulfide) groups is 1. The molecule has 1 aromatic heterocycles. The number of ether oxygens (including phenoxy) is 1. The zero-order valence-electron chi connectivity index (χ0n) is 21.4. The number of carbonyl (C=O) groups is 3. The zero-order valence-corrected chi connectivity index (χ0v) is 22.2. The van der Waals surface area contributed by atoms with Crippen molar-refractivity contribution in [3.63, 3.8) is 0 Å². The molecule has 0 aliphatic carbocycles. The minimum atomic E-state index is -0.597. The highest BCUT2D eigenvalue weighted by atomic mass is 32.2. The summed E-state index contributed by atoms with van der Waals surface area (Å²) in [5, 5.41) is 8.19. The number of fused-ring (bicyclic) bond motifs is 2. The second-order valence-electron chi connectivity index (χ2n) is 9.41. The summed E-state index contributed by atoms with van der Waals surface area (Å²) in [7, 11) is 0. The molecule has 1 N–H and O–H groups in total. The summed E-state index contributed by atoms with van der Waals surface area (Å²) in [6.45, 7) is 0.879. The maximum atomic E-state index is 12.8. The first kappa shape index (κ1) is 26.6. The molecule has 0 saturated carbocycles. The van der Waals surface area contributed by atoms with Gasteiger partial charge in [0, 0.05) is 30.9 Å². The van der Waals surface area contributed by atoms with Gasteiger partial charge in [0.2, 0.25) is 5.91 Å². The largest absolute Gasteiger partial charge is 0.456 e. The summed E-state index contributed by atoms with van der Waals surface area (Å²) in [5.74, 6) is -0.831. The second kappa shape index (κ2) is 12.2. The Morgan fingerprint density at radius 1 is 0.872 bits per heavy atom. The lowest BCUT2D eigenvalue weighted by atomic mass is 10.0. The number of amides is 2. The first-order valence-electron chi connectivity index (χ1n) is 13.0. The third-order valence-corrected chi connectivity index (χ3v) is 7.67. The number of aromatic amines is 1. The predicted molar refractivity (Wildman–Crippen MR) is 147 cm³/mol. The fourth-order valence-electron chi connectivity index (χ4n) is 4.88. The number of H-pyrrole nitrogens is 1. The molecule has 0 spiro atoms. The van der Waals surface area contributed by atoms with Gasteiger partial charge in [-0.05, 0) is 48.9 Å². The average Bonchev–Trinajstić information content (AvgIpc) is 2.97. The van der Waals surface area contributed by atoms with Gasteiger partial charge in [0.05, 0.1) is 12.2 Å². The van der Waals surface area contributed by atoms with Gasteiger partial charge in [0.1, 0.15) is 5.69 Å². The molecule has 0 unspecified atom stereocenters. The maximum Gasteiger partial charge on any atom is 0.306 e. The Hall–Kier alpha value is -3.99. The molecule has 0 bridgehead atoms. The number of benzene rings is 2. The van der Waals surface area contributed by atoms with E-state index in [1.807, 2.05) is 48.5 Å². The van der Waals surface area contributed by atoms with Crippen molar-refractivity contribution in [1.82, 2.24) is 15.2 Å². The summed E-state index contributed by atoms with van der Waals surface area (Å²) >= 11 is 1.11. The van der Waals surface area contributed by atoms with Crippen LogP contribution in [0.2, 0.25) is 0 Å². The van der Waals surface area contributed by atoms with Crippen LogP contribution in [-0.4, -0.2) is 58.4 Å². The van der Waals surface area contributed by atoms with Crippen LogP contribution < -0.4 is 15.4 Å². The molecule has 0 fully saturated rings. The number of hydrogen-bond acceptors (Lipinski definition) is 8. The van der Waals surface area contributed by atoms with Crippen LogP contribution in [0.4, 0.5) is 11.4 Å². The Balaban J connectivity index is 1.08. The van der Waals surface area contributed by atoms with Crippen molar-refractivity contribution in [1.29, 1.82) is 0 Å². The van der Waals surface area contributed by atoms with Gasteiger partial charge < -0.3 is 14.5 Å². The third kappa shape index (κ3) is 6.36. The first-order valence-corrected chi connectivity index (χ1v) is 14.0. The van der Waals surface area contributed by atoms with Crippen molar-refractivity contribution in [2.45, 2.75) is 43.7 Å². The van der Waals surface area contributed by atoms with Gasteiger partial charge in [-0.3, -0.25) is 24.2 Å². The summed E-state index contributed by atoms with van der Waals surface area (Å²) in [5.41, 5.74) is 3.65. The summed E-state index contributed by atoms with van der Waals surface area (Å²) < 4.78 is 5.17. The number of para-hydroxylation sites is 2. The Labute approximate surface area is 229 Å². The highest BCUT2D eigenvalue weighted by Crippen LogP contribution is 2.28. The molecule has 0 saturated heterocycles. The van der Waals surface area contributed by atoms with E-state index in [1.54, 1.807) is 9.80 Å². The molecule has 10 nitrogen and oxygen atoms in total. The zero-order chi connectivity index (χ0) is 27.2. The predicted octanol–water partition coefficient (Wildman–Crippen LogP) is 2.69. The van der Waals surface area contributed by atoms with Crippen LogP contribution in [-0.2, 0) is 38.4 Å². The van der Waals surface area contributed by atoms with Crippen molar-refractivity contribution in [2.75, 3.05) is 35.2 Å².